The van der Waals surface area contributed by atoms with Crippen LogP contribution in [-0.4, -0.2) is 11.1 Å². The number of hydrogen-bond acceptors (Lipinski definition) is 1. The summed E-state index contributed by atoms with van der Waals surface area (Å²) in [5.41, 5.74) is 1.17. The van der Waals surface area contributed by atoms with Crippen molar-refractivity contribution in [2.24, 2.45) is 0 Å². The second kappa shape index (κ2) is 6.29. The Hall–Kier alpha value is -1.84. The van der Waals surface area contributed by atoms with E-state index in [0.717, 1.165) is 5.56 Å². The Kier molecular flexibility index (Phi) is 4.66. The second-order valence-electron chi connectivity index (χ2n) is 4.46. The molecule has 2 nitrogen and oxygen atoms in total. The first kappa shape index (κ1) is 15.5. The number of carbonyl (C=O) groups is 1. The van der Waals surface area contributed by atoms with Gasteiger partial charge in [0, 0.05) is 10.6 Å². The Balaban J connectivity index is 2.61. The molecular formula is C16H11Cl2FO2. The molecule has 0 aromatic heterocycles. The Morgan fingerprint density at radius 2 is 1.90 bits per heavy atom. The van der Waals surface area contributed by atoms with Crippen molar-refractivity contribution in [1.29, 1.82) is 0 Å². The largest absolute Gasteiger partial charge is 0.478 e. The summed E-state index contributed by atoms with van der Waals surface area (Å²) >= 11 is 11.9. The summed E-state index contributed by atoms with van der Waals surface area (Å²) in [6.45, 7) is 1.81. The van der Waals surface area contributed by atoms with Gasteiger partial charge in [-0.05, 0) is 42.3 Å². The van der Waals surface area contributed by atoms with E-state index in [0.29, 0.717) is 10.6 Å². The van der Waals surface area contributed by atoms with Gasteiger partial charge in [0.15, 0.2) is 0 Å². The fraction of sp³-hybridized carbons (Fsp3) is 0.0625. The van der Waals surface area contributed by atoms with Gasteiger partial charge in [-0.2, -0.15) is 0 Å². The van der Waals surface area contributed by atoms with E-state index in [-0.39, 0.29) is 16.2 Å². The van der Waals surface area contributed by atoms with Crippen LogP contribution in [0.4, 0.5) is 4.39 Å². The molecule has 0 heterocycles. The van der Waals surface area contributed by atoms with Crippen molar-refractivity contribution < 1.29 is 14.3 Å². The molecule has 108 valence electrons. The smallest absolute Gasteiger partial charge is 0.336 e. The van der Waals surface area contributed by atoms with Crippen LogP contribution < -0.4 is 0 Å². The van der Waals surface area contributed by atoms with Crippen LogP contribution in [0.5, 0.6) is 0 Å². The maximum atomic E-state index is 13.8. The summed E-state index contributed by atoms with van der Waals surface area (Å²) in [6.07, 6.45) is 1.21. The van der Waals surface area contributed by atoms with Crippen LogP contribution >= 0.6 is 23.2 Å². The molecule has 2 aromatic rings. The molecule has 0 saturated heterocycles. The van der Waals surface area contributed by atoms with Crippen molar-refractivity contribution in [3.8, 4) is 0 Å². The van der Waals surface area contributed by atoms with Gasteiger partial charge in [-0.25, -0.2) is 9.18 Å². The maximum Gasteiger partial charge on any atom is 0.336 e. The Morgan fingerprint density at radius 3 is 2.48 bits per heavy atom. The first-order valence-electron chi connectivity index (χ1n) is 6.05. The lowest BCUT2D eigenvalue weighted by molar-refractivity contribution is -0.130. The summed E-state index contributed by atoms with van der Waals surface area (Å²) in [6, 6.07) is 9.04. The molecule has 21 heavy (non-hydrogen) atoms. The van der Waals surface area contributed by atoms with Crippen LogP contribution in [0.15, 0.2) is 36.4 Å². The highest BCUT2D eigenvalue weighted by Crippen LogP contribution is 2.27. The van der Waals surface area contributed by atoms with Gasteiger partial charge in [-0.1, -0.05) is 41.4 Å². The molecule has 0 aliphatic carbocycles. The minimum absolute atomic E-state index is 0.0354. The summed E-state index contributed by atoms with van der Waals surface area (Å²) in [5, 5.41) is 9.94. The van der Waals surface area contributed by atoms with Crippen molar-refractivity contribution in [2.45, 2.75) is 6.92 Å². The number of halogens is 3. The predicted octanol–water partition coefficient (Wildman–Crippen LogP) is 5.07. The van der Waals surface area contributed by atoms with Crippen LogP contribution in [0.2, 0.25) is 10.0 Å². The minimum Gasteiger partial charge on any atom is -0.478 e. The molecule has 0 unspecified atom stereocenters. The summed E-state index contributed by atoms with van der Waals surface area (Å²) < 4.78 is 13.8. The molecule has 0 bridgehead atoms. The van der Waals surface area contributed by atoms with Crippen molar-refractivity contribution in [2.75, 3.05) is 0 Å². The monoisotopic (exact) mass is 324 g/mol. The molecule has 2 aromatic carbocycles. The van der Waals surface area contributed by atoms with Crippen LogP contribution in [0.25, 0.3) is 11.6 Å². The van der Waals surface area contributed by atoms with Crippen LogP contribution in [0, 0.1) is 12.7 Å². The molecule has 1 N–H and O–H groups in total. The van der Waals surface area contributed by atoms with E-state index in [4.69, 9.17) is 23.2 Å². The van der Waals surface area contributed by atoms with Crippen molar-refractivity contribution >= 4 is 40.8 Å². The summed E-state index contributed by atoms with van der Waals surface area (Å²) in [5.74, 6) is -1.77. The van der Waals surface area contributed by atoms with E-state index in [9.17, 15) is 14.3 Å². The quantitative estimate of drug-likeness (QED) is 0.632. The first-order valence-corrected chi connectivity index (χ1v) is 6.81. The molecule has 0 saturated carbocycles. The van der Waals surface area contributed by atoms with E-state index in [1.165, 1.54) is 30.3 Å². The van der Waals surface area contributed by atoms with E-state index in [2.05, 4.69) is 0 Å². The van der Waals surface area contributed by atoms with Crippen LogP contribution in [-0.2, 0) is 4.79 Å². The summed E-state index contributed by atoms with van der Waals surface area (Å²) in [4.78, 5) is 11.4. The molecular weight excluding hydrogens is 314 g/mol. The van der Waals surface area contributed by atoms with Crippen LogP contribution in [0.3, 0.4) is 0 Å². The third-order valence-corrected chi connectivity index (χ3v) is 3.74. The third kappa shape index (κ3) is 3.43. The lowest BCUT2D eigenvalue weighted by Crippen LogP contribution is -2.00. The lowest BCUT2D eigenvalue weighted by Gasteiger charge is -2.07. The number of aliphatic carboxylic acids is 1. The van der Waals surface area contributed by atoms with Gasteiger partial charge in [-0.15, -0.1) is 0 Å². The molecule has 5 heteroatoms. The Bertz CT molecular complexity index is 719. The lowest BCUT2D eigenvalue weighted by atomic mass is 10.0. The number of hydrogen-bond donors (Lipinski definition) is 1. The van der Waals surface area contributed by atoms with Crippen molar-refractivity contribution in [3.63, 3.8) is 0 Å². The number of benzene rings is 2. The first-order chi connectivity index (χ1) is 9.90. The second-order valence-corrected chi connectivity index (χ2v) is 5.28. The average molecular weight is 325 g/mol. The van der Waals surface area contributed by atoms with Gasteiger partial charge in [0.25, 0.3) is 0 Å². The van der Waals surface area contributed by atoms with Crippen LogP contribution in [0.1, 0.15) is 16.7 Å². The van der Waals surface area contributed by atoms with Crippen molar-refractivity contribution in [1.82, 2.24) is 0 Å². The number of carboxylic acid groups (broad SMARTS) is 1. The number of aryl methyl sites for hydroxylation is 1. The predicted molar refractivity (Wildman–Crippen MR) is 83.1 cm³/mol. The SMILES string of the molecule is Cc1ccc(/C(=C/c2c(F)cccc2Cl)C(=O)O)cc1Cl. The van der Waals surface area contributed by atoms with Crippen molar-refractivity contribution in [3.05, 3.63) is 69.0 Å². The normalized spacial score (nSPS) is 11.5. The topological polar surface area (TPSA) is 37.3 Å². The maximum absolute atomic E-state index is 13.8. The highest BCUT2D eigenvalue weighted by atomic mass is 35.5. The van der Waals surface area contributed by atoms with Gasteiger partial charge in [0.05, 0.1) is 10.6 Å². The molecule has 0 aliphatic heterocycles. The van der Waals surface area contributed by atoms with E-state index < -0.39 is 11.8 Å². The number of rotatable bonds is 3. The third-order valence-electron chi connectivity index (χ3n) is 3.00. The Labute approximate surface area is 131 Å². The van der Waals surface area contributed by atoms with Gasteiger partial charge in [0.2, 0.25) is 0 Å². The van der Waals surface area contributed by atoms with E-state index >= 15 is 0 Å². The van der Waals surface area contributed by atoms with Gasteiger partial charge < -0.3 is 5.11 Å². The molecule has 2 rings (SSSR count). The number of carboxylic acids is 1. The molecule has 0 atom stereocenters. The van der Waals surface area contributed by atoms with E-state index in [1.54, 1.807) is 12.1 Å². The fourth-order valence-electron chi connectivity index (χ4n) is 1.82. The zero-order valence-corrected chi connectivity index (χ0v) is 12.5. The highest BCUT2D eigenvalue weighted by Gasteiger charge is 2.14. The Morgan fingerprint density at radius 1 is 1.19 bits per heavy atom. The molecule has 0 radical (unpaired) electrons. The van der Waals surface area contributed by atoms with Gasteiger partial charge in [0.1, 0.15) is 5.82 Å². The van der Waals surface area contributed by atoms with E-state index in [1.807, 2.05) is 6.92 Å². The average Bonchev–Trinajstić information content (AvgIpc) is 2.41. The van der Waals surface area contributed by atoms with Gasteiger partial charge >= 0.3 is 5.97 Å². The highest BCUT2D eigenvalue weighted by molar-refractivity contribution is 6.33. The molecule has 0 spiro atoms. The molecule has 0 aliphatic rings. The van der Waals surface area contributed by atoms with Gasteiger partial charge in [-0.3, -0.25) is 0 Å². The zero-order chi connectivity index (χ0) is 15.6. The minimum atomic E-state index is -1.19. The fourth-order valence-corrected chi connectivity index (χ4v) is 2.22. The summed E-state index contributed by atoms with van der Waals surface area (Å²) in [7, 11) is 0. The molecule has 0 fully saturated rings. The standard InChI is InChI=1S/C16H11Cl2FO2/c1-9-5-6-10(7-14(9)18)11(16(20)21)8-12-13(17)3-2-4-15(12)19/h2-8H,1H3,(H,20,21)/b11-8-. The molecule has 0 amide bonds. The zero-order valence-electron chi connectivity index (χ0n) is 11.0.